The molecule has 12 heavy (non-hydrogen) atoms. The van der Waals surface area contributed by atoms with Gasteiger partial charge in [0.1, 0.15) is 5.75 Å². The first-order valence-electron chi connectivity index (χ1n) is 3.87. The fraction of sp³-hybridized carbons (Fsp3) is 0.333. The SMILES string of the molecule is COc1cccc([C@H](N)CN)c1. The molecule has 0 saturated carbocycles. The van der Waals surface area contributed by atoms with E-state index in [1.54, 1.807) is 7.11 Å². The van der Waals surface area contributed by atoms with E-state index in [1.807, 2.05) is 24.3 Å². The van der Waals surface area contributed by atoms with Crippen molar-refractivity contribution in [1.29, 1.82) is 0 Å². The second-order valence-corrected chi connectivity index (χ2v) is 2.62. The Morgan fingerprint density at radius 3 is 2.83 bits per heavy atom. The fourth-order valence-electron chi connectivity index (χ4n) is 1.01. The summed E-state index contributed by atoms with van der Waals surface area (Å²) in [7, 11) is 1.63. The highest BCUT2D eigenvalue weighted by Gasteiger charge is 2.03. The maximum absolute atomic E-state index is 5.74. The second kappa shape index (κ2) is 4.09. The fourth-order valence-corrected chi connectivity index (χ4v) is 1.01. The lowest BCUT2D eigenvalue weighted by Crippen LogP contribution is -2.20. The van der Waals surface area contributed by atoms with Crippen LogP contribution in [0.3, 0.4) is 0 Å². The number of hydrogen-bond acceptors (Lipinski definition) is 3. The highest BCUT2D eigenvalue weighted by Crippen LogP contribution is 2.16. The number of rotatable bonds is 3. The molecule has 0 radical (unpaired) electrons. The van der Waals surface area contributed by atoms with Crippen LogP contribution >= 0.6 is 0 Å². The summed E-state index contributed by atoms with van der Waals surface area (Å²) in [5.41, 5.74) is 12.2. The normalized spacial score (nSPS) is 12.6. The minimum Gasteiger partial charge on any atom is -0.497 e. The molecule has 66 valence electrons. The van der Waals surface area contributed by atoms with Crippen LogP contribution in [0.1, 0.15) is 11.6 Å². The van der Waals surface area contributed by atoms with E-state index < -0.39 is 0 Å². The molecule has 0 bridgehead atoms. The van der Waals surface area contributed by atoms with Crippen LogP contribution in [0.15, 0.2) is 24.3 Å². The molecule has 1 aromatic carbocycles. The van der Waals surface area contributed by atoms with Gasteiger partial charge in [-0.2, -0.15) is 0 Å². The lowest BCUT2D eigenvalue weighted by Gasteiger charge is -2.09. The van der Waals surface area contributed by atoms with Gasteiger partial charge in [-0.1, -0.05) is 12.1 Å². The summed E-state index contributed by atoms with van der Waals surface area (Å²) in [5, 5.41) is 0. The van der Waals surface area contributed by atoms with Crippen LogP contribution in [0.4, 0.5) is 0 Å². The van der Waals surface area contributed by atoms with Crippen LogP contribution in [0, 0.1) is 0 Å². The van der Waals surface area contributed by atoms with Gasteiger partial charge in [0, 0.05) is 12.6 Å². The van der Waals surface area contributed by atoms with Gasteiger partial charge < -0.3 is 16.2 Å². The quantitative estimate of drug-likeness (QED) is 0.693. The van der Waals surface area contributed by atoms with Gasteiger partial charge in [0.2, 0.25) is 0 Å². The van der Waals surface area contributed by atoms with Gasteiger partial charge in [0.25, 0.3) is 0 Å². The van der Waals surface area contributed by atoms with E-state index in [4.69, 9.17) is 16.2 Å². The highest BCUT2D eigenvalue weighted by molar-refractivity contribution is 5.30. The van der Waals surface area contributed by atoms with E-state index in [2.05, 4.69) is 0 Å². The number of benzene rings is 1. The van der Waals surface area contributed by atoms with Crippen molar-refractivity contribution in [1.82, 2.24) is 0 Å². The summed E-state index contributed by atoms with van der Waals surface area (Å²) in [6.07, 6.45) is 0. The van der Waals surface area contributed by atoms with Crippen LogP contribution in [0.5, 0.6) is 5.75 Å². The number of hydrogen-bond donors (Lipinski definition) is 2. The average molecular weight is 166 g/mol. The van der Waals surface area contributed by atoms with E-state index in [9.17, 15) is 0 Å². The largest absolute Gasteiger partial charge is 0.497 e. The standard InChI is InChI=1S/C9H14N2O/c1-12-8-4-2-3-7(5-8)9(11)6-10/h2-5,9H,6,10-11H2,1H3/t9-/m1/s1. The second-order valence-electron chi connectivity index (χ2n) is 2.62. The minimum absolute atomic E-state index is 0.0971. The number of methoxy groups -OCH3 is 1. The van der Waals surface area contributed by atoms with Crippen molar-refractivity contribution in [2.24, 2.45) is 11.5 Å². The molecule has 0 heterocycles. The van der Waals surface area contributed by atoms with Crippen molar-refractivity contribution in [3.05, 3.63) is 29.8 Å². The van der Waals surface area contributed by atoms with Crippen molar-refractivity contribution >= 4 is 0 Å². The average Bonchev–Trinajstić information content (AvgIpc) is 2.17. The molecule has 0 spiro atoms. The van der Waals surface area contributed by atoms with E-state index in [0.717, 1.165) is 11.3 Å². The zero-order valence-electron chi connectivity index (χ0n) is 7.16. The van der Waals surface area contributed by atoms with Crippen molar-refractivity contribution in [3.63, 3.8) is 0 Å². The monoisotopic (exact) mass is 166 g/mol. The molecule has 4 N–H and O–H groups in total. The molecule has 0 fully saturated rings. The molecule has 3 nitrogen and oxygen atoms in total. The molecular weight excluding hydrogens is 152 g/mol. The third-order valence-corrected chi connectivity index (χ3v) is 1.78. The van der Waals surface area contributed by atoms with E-state index >= 15 is 0 Å². The van der Waals surface area contributed by atoms with Gasteiger partial charge in [-0.25, -0.2) is 0 Å². The van der Waals surface area contributed by atoms with Crippen LogP contribution in [-0.2, 0) is 0 Å². The molecule has 0 aliphatic carbocycles. The smallest absolute Gasteiger partial charge is 0.119 e. The maximum atomic E-state index is 5.74. The molecule has 0 saturated heterocycles. The molecule has 0 unspecified atom stereocenters. The summed E-state index contributed by atoms with van der Waals surface area (Å²) in [5.74, 6) is 0.816. The van der Waals surface area contributed by atoms with Gasteiger partial charge >= 0.3 is 0 Å². The van der Waals surface area contributed by atoms with Crippen LogP contribution in [0.25, 0.3) is 0 Å². The lowest BCUT2D eigenvalue weighted by molar-refractivity contribution is 0.414. The molecule has 1 atom stereocenters. The Morgan fingerprint density at radius 1 is 1.50 bits per heavy atom. The van der Waals surface area contributed by atoms with E-state index in [1.165, 1.54) is 0 Å². The molecular formula is C9H14N2O. The summed E-state index contributed by atoms with van der Waals surface area (Å²) in [6.45, 7) is 0.452. The lowest BCUT2D eigenvalue weighted by atomic mass is 10.1. The first-order valence-corrected chi connectivity index (χ1v) is 3.87. The van der Waals surface area contributed by atoms with Crippen LogP contribution < -0.4 is 16.2 Å². The molecule has 0 aliphatic rings. The predicted molar refractivity (Wildman–Crippen MR) is 49.0 cm³/mol. The Labute approximate surface area is 72.3 Å². The van der Waals surface area contributed by atoms with Crippen molar-refractivity contribution < 1.29 is 4.74 Å². The Hall–Kier alpha value is -1.06. The summed E-state index contributed by atoms with van der Waals surface area (Å²) < 4.78 is 5.05. The summed E-state index contributed by atoms with van der Waals surface area (Å²) in [4.78, 5) is 0. The minimum atomic E-state index is -0.0971. The van der Waals surface area contributed by atoms with E-state index in [-0.39, 0.29) is 6.04 Å². The van der Waals surface area contributed by atoms with Gasteiger partial charge in [-0.3, -0.25) is 0 Å². The Morgan fingerprint density at radius 2 is 2.25 bits per heavy atom. The van der Waals surface area contributed by atoms with Crippen molar-refractivity contribution in [2.75, 3.05) is 13.7 Å². The molecule has 1 aromatic rings. The number of nitrogens with two attached hydrogens (primary N) is 2. The zero-order chi connectivity index (χ0) is 8.97. The molecule has 0 aliphatic heterocycles. The molecule has 1 rings (SSSR count). The number of ether oxygens (including phenoxy) is 1. The molecule has 0 aromatic heterocycles. The van der Waals surface area contributed by atoms with Gasteiger partial charge in [0.15, 0.2) is 0 Å². The Balaban J connectivity index is 2.86. The summed E-state index contributed by atoms with van der Waals surface area (Å²) >= 11 is 0. The maximum Gasteiger partial charge on any atom is 0.119 e. The van der Waals surface area contributed by atoms with Gasteiger partial charge in [-0.05, 0) is 17.7 Å². The molecule has 3 heteroatoms. The first kappa shape index (κ1) is 9.03. The molecule has 0 amide bonds. The third-order valence-electron chi connectivity index (χ3n) is 1.78. The third kappa shape index (κ3) is 1.96. The van der Waals surface area contributed by atoms with Crippen LogP contribution in [0.2, 0.25) is 0 Å². The van der Waals surface area contributed by atoms with Crippen molar-refractivity contribution in [3.8, 4) is 5.75 Å². The topological polar surface area (TPSA) is 61.3 Å². The van der Waals surface area contributed by atoms with Crippen LogP contribution in [-0.4, -0.2) is 13.7 Å². The zero-order valence-corrected chi connectivity index (χ0v) is 7.16. The Kier molecular flexibility index (Phi) is 3.08. The predicted octanol–water partition coefficient (Wildman–Crippen LogP) is 0.654. The van der Waals surface area contributed by atoms with Gasteiger partial charge in [-0.15, -0.1) is 0 Å². The van der Waals surface area contributed by atoms with Gasteiger partial charge in [0.05, 0.1) is 7.11 Å². The first-order chi connectivity index (χ1) is 5.77. The van der Waals surface area contributed by atoms with E-state index in [0.29, 0.717) is 6.54 Å². The Bertz CT molecular complexity index is 250. The highest BCUT2D eigenvalue weighted by atomic mass is 16.5. The van der Waals surface area contributed by atoms with Crippen molar-refractivity contribution in [2.45, 2.75) is 6.04 Å². The summed E-state index contributed by atoms with van der Waals surface area (Å²) in [6, 6.07) is 7.54.